The van der Waals surface area contributed by atoms with Crippen LogP contribution < -0.4 is 11.1 Å². The minimum atomic E-state index is -0.182. The van der Waals surface area contributed by atoms with Crippen LogP contribution in [0.15, 0.2) is 46.9 Å². The maximum Gasteiger partial charge on any atom is 0.126 e. The number of nitrogens with one attached hydrogen (secondary N) is 1. The van der Waals surface area contributed by atoms with Gasteiger partial charge in [0.15, 0.2) is 0 Å². The van der Waals surface area contributed by atoms with Crippen molar-refractivity contribution in [1.82, 2.24) is 0 Å². The van der Waals surface area contributed by atoms with Crippen LogP contribution in [0.1, 0.15) is 11.1 Å². The number of rotatable bonds is 5. The van der Waals surface area contributed by atoms with Gasteiger partial charge < -0.3 is 11.1 Å². The molecule has 0 amide bonds. The number of halogens is 2. The number of anilines is 1. The molecule has 2 aromatic carbocycles. The minimum absolute atomic E-state index is 0.182. The Morgan fingerprint density at radius 3 is 2.70 bits per heavy atom. The zero-order valence-electron chi connectivity index (χ0n) is 10.7. The van der Waals surface area contributed by atoms with Crippen LogP contribution in [0.25, 0.3) is 0 Å². The van der Waals surface area contributed by atoms with Gasteiger partial charge in [-0.1, -0.05) is 46.3 Å². The molecule has 0 aromatic heterocycles. The summed E-state index contributed by atoms with van der Waals surface area (Å²) in [5.41, 5.74) is 8.01. The molecule has 0 heterocycles. The highest BCUT2D eigenvalue weighted by atomic mass is 79.9. The SMILES string of the molecule is NC(=S)c1ccc(Br)cc1NCCc1ccccc1F. The van der Waals surface area contributed by atoms with Gasteiger partial charge in [0.05, 0.1) is 0 Å². The zero-order valence-corrected chi connectivity index (χ0v) is 13.1. The van der Waals surface area contributed by atoms with E-state index in [4.69, 9.17) is 18.0 Å². The highest BCUT2D eigenvalue weighted by molar-refractivity contribution is 9.10. The first-order valence-electron chi connectivity index (χ1n) is 6.14. The quantitative estimate of drug-likeness (QED) is 0.802. The molecule has 0 saturated heterocycles. The van der Waals surface area contributed by atoms with E-state index in [1.54, 1.807) is 12.1 Å². The summed E-state index contributed by atoms with van der Waals surface area (Å²) < 4.78 is 14.4. The molecule has 0 bridgehead atoms. The highest BCUT2D eigenvalue weighted by Gasteiger charge is 2.06. The molecule has 0 saturated carbocycles. The molecule has 2 rings (SSSR count). The topological polar surface area (TPSA) is 38.0 Å². The van der Waals surface area contributed by atoms with Crippen LogP contribution in [-0.2, 0) is 6.42 Å². The van der Waals surface area contributed by atoms with Gasteiger partial charge in [-0.3, -0.25) is 0 Å². The smallest absolute Gasteiger partial charge is 0.126 e. The predicted octanol–water partition coefficient (Wildman–Crippen LogP) is 3.88. The molecule has 0 spiro atoms. The fraction of sp³-hybridized carbons (Fsp3) is 0.133. The Morgan fingerprint density at radius 1 is 1.25 bits per heavy atom. The average molecular weight is 353 g/mol. The predicted molar refractivity (Wildman–Crippen MR) is 88.6 cm³/mol. The molecule has 0 aliphatic rings. The van der Waals surface area contributed by atoms with Crippen molar-refractivity contribution in [2.45, 2.75) is 6.42 Å². The summed E-state index contributed by atoms with van der Waals surface area (Å²) in [6.07, 6.45) is 0.593. The van der Waals surface area contributed by atoms with Crippen LogP contribution in [0.3, 0.4) is 0 Å². The van der Waals surface area contributed by atoms with E-state index in [2.05, 4.69) is 21.2 Å². The molecule has 104 valence electrons. The molecule has 3 N–H and O–H groups in total. The van der Waals surface area contributed by atoms with E-state index in [0.29, 0.717) is 23.5 Å². The van der Waals surface area contributed by atoms with E-state index >= 15 is 0 Å². The Bertz CT molecular complexity index is 631. The molecule has 5 heteroatoms. The summed E-state index contributed by atoms with van der Waals surface area (Å²) in [4.78, 5) is 0.339. The molecule has 0 fully saturated rings. The van der Waals surface area contributed by atoms with E-state index in [-0.39, 0.29) is 5.82 Å². The van der Waals surface area contributed by atoms with E-state index in [9.17, 15) is 4.39 Å². The Morgan fingerprint density at radius 2 is 2.00 bits per heavy atom. The summed E-state index contributed by atoms with van der Waals surface area (Å²) in [6, 6.07) is 12.4. The van der Waals surface area contributed by atoms with Crippen molar-refractivity contribution >= 4 is 38.8 Å². The van der Waals surface area contributed by atoms with Gasteiger partial charge in [-0.15, -0.1) is 0 Å². The molecular weight excluding hydrogens is 339 g/mol. The first-order chi connectivity index (χ1) is 9.58. The second-order valence-corrected chi connectivity index (χ2v) is 5.68. The summed E-state index contributed by atoms with van der Waals surface area (Å²) in [7, 11) is 0. The molecule has 0 atom stereocenters. The van der Waals surface area contributed by atoms with Gasteiger partial charge in [0, 0.05) is 22.3 Å². The first-order valence-corrected chi connectivity index (χ1v) is 7.34. The van der Waals surface area contributed by atoms with Crippen molar-refractivity contribution in [2.24, 2.45) is 5.73 Å². The summed E-state index contributed by atoms with van der Waals surface area (Å²) in [6.45, 7) is 0.604. The van der Waals surface area contributed by atoms with E-state index in [0.717, 1.165) is 15.7 Å². The Hall–Kier alpha value is -1.46. The number of nitrogens with two attached hydrogens (primary N) is 1. The van der Waals surface area contributed by atoms with Crippen molar-refractivity contribution in [3.05, 3.63) is 63.9 Å². The van der Waals surface area contributed by atoms with Gasteiger partial charge in [-0.05, 0) is 36.2 Å². The van der Waals surface area contributed by atoms with Crippen molar-refractivity contribution in [2.75, 3.05) is 11.9 Å². The zero-order chi connectivity index (χ0) is 14.5. The number of benzene rings is 2. The average Bonchev–Trinajstić information content (AvgIpc) is 2.41. The van der Waals surface area contributed by atoms with Gasteiger partial charge in [0.2, 0.25) is 0 Å². The molecule has 0 aliphatic carbocycles. The standard InChI is InChI=1S/C15H14BrFN2S/c16-11-5-6-12(15(18)20)14(9-11)19-8-7-10-3-1-2-4-13(10)17/h1-6,9,19H,7-8H2,(H2,18,20). The molecule has 20 heavy (non-hydrogen) atoms. The molecule has 2 nitrogen and oxygen atoms in total. The van der Waals surface area contributed by atoms with Crippen molar-refractivity contribution in [3.8, 4) is 0 Å². The minimum Gasteiger partial charge on any atom is -0.389 e. The molecule has 2 aromatic rings. The van der Waals surface area contributed by atoms with Crippen molar-refractivity contribution in [3.63, 3.8) is 0 Å². The van der Waals surface area contributed by atoms with Gasteiger partial charge in [-0.2, -0.15) is 0 Å². The van der Waals surface area contributed by atoms with Gasteiger partial charge in [0.1, 0.15) is 10.8 Å². The lowest BCUT2D eigenvalue weighted by Crippen LogP contribution is -2.14. The van der Waals surface area contributed by atoms with Crippen LogP contribution in [0.5, 0.6) is 0 Å². The number of hydrogen-bond acceptors (Lipinski definition) is 2. The summed E-state index contributed by atoms with van der Waals surface area (Å²) >= 11 is 8.43. The van der Waals surface area contributed by atoms with E-state index in [1.165, 1.54) is 6.07 Å². The summed E-state index contributed by atoms with van der Waals surface area (Å²) in [5.74, 6) is -0.182. The molecule has 0 aliphatic heterocycles. The van der Waals surface area contributed by atoms with Crippen LogP contribution >= 0.6 is 28.1 Å². The second-order valence-electron chi connectivity index (χ2n) is 4.32. The van der Waals surface area contributed by atoms with Gasteiger partial charge >= 0.3 is 0 Å². The van der Waals surface area contributed by atoms with Crippen molar-refractivity contribution in [1.29, 1.82) is 0 Å². The van der Waals surface area contributed by atoms with Crippen LogP contribution in [0.4, 0.5) is 10.1 Å². The van der Waals surface area contributed by atoms with Crippen molar-refractivity contribution < 1.29 is 4.39 Å². The third-order valence-corrected chi connectivity index (χ3v) is 3.63. The van der Waals surface area contributed by atoms with E-state index < -0.39 is 0 Å². The first kappa shape index (κ1) is 14.9. The third-order valence-electron chi connectivity index (χ3n) is 2.91. The maximum absolute atomic E-state index is 13.5. The lowest BCUT2D eigenvalue weighted by atomic mass is 10.1. The fourth-order valence-electron chi connectivity index (χ4n) is 1.91. The second kappa shape index (κ2) is 6.81. The maximum atomic E-state index is 13.5. The lowest BCUT2D eigenvalue weighted by Gasteiger charge is -2.12. The normalized spacial score (nSPS) is 10.3. The Kier molecular flexibility index (Phi) is 5.09. The van der Waals surface area contributed by atoms with Crippen LogP contribution in [0, 0.1) is 5.82 Å². The molecule has 0 unspecified atom stereocenters. The van der Waals surface area contributed by atoms with Gasteiger partial charge in [0.25, 0.3) is 0 Å². The third kappa shape index (κ3) is 3.77. The highest BCUT2D eigenvalue weighted by Crippen LogP contribution is 2.21. The molecule has 0 radical (unpaired) electrons. The Labute approximate surface area is 131 Å². The Balaban J connectivity index is 2.06. The summed E-state index contributed by atoms with van der Waals surface area (Å²) in [5, 5.41) is 3.25. The fourth-order valence-corrected chi connectivity index (χ4v) is 2.45. The lowest BCUT2D eigenvalue weighted by molar-refractivity contribution is 0.610. The molecular formula is C15H14BrFN2S. The number of hydrogen-bond donors (Lipinski definition) is 2. The van der Waals surface area contributed by atoms with E-state index in [1.807, 2.05) is 24.3 Å². The monoisotopic (exact) mass is 352 g/mol. The van der Waals surface area contributed by atoms with Crippen LogP contribution in [0.2, 0.25) is 0 Å². The number of thiocarbonyl (C=S) groups is 1. The largest absolute Gasteiger partial charge is 0.389 e. The van der Waals surface area contributed by atoms with Crippen LogP contribution in [-0.4, -0.2) is 11.5 Å². The van der Waals surface area contributed by atoms with Gasteiger partial charge in [-0.25, -0.2) is 4.39 Å².